The monoisotopic (exact) mass is 819 g/mol. The van der Waals surface area contributed by atoms with E-state index in [2.05, 4.69) is 39.5 Å². The Morgan fingerprint density at radius 2 is 1.39 bits per heavy atom. The molecule has 0 aromatic heterocycles. The summed E-state index contributed by atoms with van der Waals surface area (Å²) in [6.07, 6.45) is 41.6. The molecule has 5 aliphatic rings. The average Bonchev–Trinajstić information content (AvgIpc) is 3.52. The predicted octanol–water partition coefficient (Wildman–Crippen LogP) is 13.1. The van der Waals surface area contributed by atoms with Gasteiger partial charge in [-0.25, -0.2) is 0 Å². The number of hydrogen-bond donors (Lipinski definition) is 1. The second kappa shape index (κ2) is 22.7. The minimum absolute atomic E-state index is 0.0160. The van der Waals surface area contributed by atoms with E-state index in [0.29, 0.717) is 24.0 Å². The van der Waals surface area contributed by atoms with Crippen LogP contribution in [0.5, 0.6) is 0 Å². The van der Waals surface area contributed by atoms with Gasteiger partial charge >= 0.3 is 11.9 Å². The maximum atomic E-state index is 13.9. The Morgan fingerprint density at radius 3 is 1.97 bits per heavy atom. The van der Waals surface area contributed by atoms with Gasteiger partial charge in [0.25, 0.3) is 0 Å². The fourth-order valence-corrected chi connectivity index (χ4v) is 11.0. The quantitative estimate of drug-likeness (QED) is 0.0348. The van der Waals surface area contributed by atoms with Crippen LogP contribution in [0.15, 0.2) is 59.8 Å². The number of esters is 1. The summed E-state index contributed by atoms with van der Waals surface area (Å²) < 4.78 is 26.8. The summed E-state index contributed by atoms with van der Waals surface area (Å²) in [4.78, 5) is 27.0. The number of allylic oxidation sites excluding steroid dienone is 3. The largest absolute Gasteiger partial charge is 0.461 e. The van der Waals surface area contributed by atoms with Gasteiger partial charge in [-0.1, -0.05) is 186 Å². The van der Waals surface area contributed by atoms with Crippen molar-refractivity contribution >= 4 is 11.8 Å². The van der Waals surface area contributed by atoms with Crippen LogP contribution in [0.25, 0.3) is 0 Å². The summed E-state index contributed by atoms with van der Waals surface area (Å²) in [5.41, 5.74) is -1.47. The topological polar surface area (TPSA) is 91.3 Å². The van der Waals surface area contributed by atoms with Crippen LogP contribution in [0.3, 0.4) is 0 Å². The molecule has 59 heavy (non-hydrogen) atoms. The van der Waals surface area contributed by atoms with Gasteiger partial charge in [0.2, 0.25) is 0 Å². The lowest BCUT2D eigenvalue weighted by Crippen LogP contribution is -2.70. The lowest BCUT2D eigenvalue weighted by Gasteiger charge is -2.58. The van der Waals surface area contributed by atoms with Crippen molar-refractivity contribution in [3.63, 3.8) is 0 Å². The Hall–Kier alpha value is -2.32. The van der Waals surface area contributed by atoms with E-state index in [4.69, 9.17) is 18.9 Å². The van der Waals surface area contributed by atoms with Gasteiger partial charge in [-0.05, 0) is 62.2 Å². The first-order valence-corrected chi connectivity index (χ1v) is 24.4. The van der Waals surface area contributed by atoms with Gasteiger partial charge in [-0.15, -0.1) is 0 Å². The maximum absolute atomic E-state index is 13.9. The van der Waals surface area contributed by atoms with Gasteiger partial charge in [0.15, 0.2) is 5.78 Å². The summed E-state index contributed by atoms with van der Waals surface area (Å²) in [6.45, 7) is 14.9. The van der Waals surface area contributed by atoms with Gasteiger partial charge in [0.05, 0.1) is 5.60 Å². The summed E-state index contributed by atoms with van der Waals surface area (Å²) in [5, 5.41) is 12.5. The number of rotatable bonds is 29. The Balaban J connectivity index is 1.17. The van der Waals surface area contributed by atoms with Crippen molar-refractivity contribution < 1.29 is 33.6 Å². The van der Waals surface area contributed by atoms with Crippen molar-refractivity contribution in [2.45, 2.75) is 230 Å². The highest BCUT2D eigenvalue weighted by Crippen LogP contribution is 2.68. The van der Waals surface area contributed by atoms with Crippen LogP contribution in [0, 0.1) is 17.8 Å². The van der Waals surface area contributed by atoms with Crippen molar-refractivity contribution in [2.75, 3.05) is 6.61 Å². The fourth-order valence-electron chi connectivity index (χ4n) is 11.0. The van der Waals surface area contributed by atoms with Crippen molar-refractivity contribution in [3.8, 4) is 0 Å². The first kappa shape index (κ1) is 47.7. The molecule has 2 aliphatic heterocycles. The molecule has 0 aromatic rings. The van der Waals surface area contributed by atoms with Crippen LogP contribution < -0.4 is 0 Å². The highest BCUT2D eigenvalue weighted by molar-refractivity contribution is 6.04. The minimum atomic E-state index is -1.74. The Bertz CT molecular complexity index is 1510. The minimum Gasteiger partial charge on any atom is -0.461 e. The second-order valence-corrected chi connectivity index (χ2v) is 19.1. The lowest BCUT2D eigenvalue weighted by molar-refractivity contribution is -0.398. The standard InChI is InChI=1S/C52H82O7/c1-7-9-11-13-15-17-19-20-21-22-23-25-27-29-31-33-46(53)56-39-43-36-44-48-50(40(3)4)37-42(6)52(44,45-35-41(5)47(54)49(45,55)38-43)59-51(57-48,58-50)34-32-30-28-26-24-18-16-14-12-10-8-2/h28,30,32,34-36,42,44-45,48,55H,3,7-27,29,31,33,37-39H2,1-2,4-6H3. The van der Waals surface area contributed by atoms with E-state index < -0.39 is 34.8 Å². The van der Waals surface area contributed by atoms with Gasteiger partial charge < -0.3 is 24.1 Å². The molecule has 5 rings (SSSR count). The fraction of sp³-hybridized carbons (Fsp3) is 0.769. The van der Waals surface area contributed by atoms with Crippen LogP contribution in [0.2, 0.25) is 0 Å². The highest BCUT2D eigenvalue weighted by atomic mass is 16.9. The summed E-state index contributed by atoms with van der Waals surface area (Å²) >= 11 is 0. The molecule has 7 nitrogen and oxygen atoms in total. The number of ether oxygens (including phenoxy) is 4. The number of aliphatic hydroxyl groups is 1. The number of carbonyl (C=O) groups is 2. The zero-order valence-corrected chi connectivity index (χ0v) is 38.0. The Labute approximate surface area is 358 Å². The van der Waals surface area contributed by atoms with E-state index in [1.165, 1.54) is 116 Å². The molecule has 1 N–H and O–H groups in total. The maximum Gasteiger partial charge on any atom is 0.306 e. The molecule has 0 aromatic carbocycles. The molecule has 8 atom stereocenters. The normalized spacial score (nSPS) is 32.1. The summed E-state index contributed by atoms with van der Waals surface area (Å²) in [7, 11) is 0. The number of unbranched alkanes of at least 4 members (excludes halogenated alkanes) is 21. The van der Waals surface area contributed by atoms with Crippen molar-refractivity contribution in [1.82, 2.24) is 0 Å². The van der Waals surface area contributed by atoms with Gasteiger partial charge in [-0.2, -0.15) is 0 Å². The van der Waals surface area contributed by atoms with Crippen LogP contribution >= 0.6 is 0 Å². The second-order valence-electron chi connectivity index (χ2n) is 19.1. The third-order valence-corrected chi connectivity index (χ3v) is 14.3. The van der Waals surface area contributed by atoms with Gasteiger partial charge in [-0.3, -0.25) is 9.59 Å². The van der Waals surface area contributed by atoms with Gasteiger partial charge in [0.1, 0.15) is 23.9 Å². The lowest BCUT2D eigenvalue weighted by atomic mass is 9.55. The van der Waals surface area contributed by atoms with Crippen molar-refractivity contribution in [1.29, 1.82) is 0 Å². The van der Waals surface area contributed by atoms with Gasteiger partial charge in [0, 0.05) is 30.8 Å². The first-order chi connectivity index (χ1) is 28.5. The Morgan fingerprint density at radius 1 is 0.831 bits per heavy atom. The predicted molar refractivity (Wildman–Crippen MR) is 239 cm³/mol. The third kappa shape index (κ3) is 11.4. The number of fused-ring (bicyclic) bond motifs is 2. The smallest absolute Gasteiger partial charge is 0.306 e. The molecular weight excluding hydrogens is 737 g/mol. The number of Topliss-reactive ketones (excluding diaryl/α,β-unsaturated/α-hetero) is 1. The summed E-state index contributed by atoms with van der Waals surface area (Å²) in [6, 6.07) is 0. The van der Waals surface area contributed by atoms with Crippen LogP contribution in [-0.2, 0) is 28.5 Å². The molecule has 2 heterocycles. The van der Waals surface area contributed by atoms with Crippen LogP contribution in [0.1, 0.15) is 202 Å². The highest BCUT2D eigenvalue weighted by Gasteiger charge is 2.78. The van der Waals surface area contributed by atoms with E-state index in [-0.39, 0.29) is 36.6 Å². The zero-order chi connectivity index (χ0) is 42.4. The van der Waals surface area contributed by atoms with E-state index in [1.54, 1.807) is 6.92 Å². The molecule has 3 fully saturated rings. The molecule has 332 valence electrons. The third-order valence-electron chi connectivity index (χ3n) is 14.3. The summed E-state index contributed by atoms with van der Waals surface area (Å²) in [5.74, 6) is -3.17. The van der Waals surface area contributed by atoms with Crippen LogP contribution in [-0.4, -0.2) is 52.3 Å². The molecule has 8 unspecified atom stereocenters. The van der Waals surface area contributed by atoms with Crippen LogP contribution in [0.4, 0.5) is 0 Å². The van der Waals surface area contributed by atoms with Crippen molar-refractivity contribution in [2.24, 2.45) is 17.8 Å². The number of ketones is 1. The molecular formula is C52H82O7. The molecule has 0 radical (unpaired) electrons. The van der Waals surface area contributed by atoms with E-state index in [9.17, 15) is 14.7 Å². The average molecular weight is 819 g/mol. The molecule has 0 amide bonds. The molecule has 3 bridgehead atoms. The number of carbonyl (C=O) groups excluding carboxylic acids is 2. The van der Waals surface area contributed by atoms with E-state index >= 15 is 0 Å². The molecule has 2 saturated heterocycles. The SMILES string of the molecule is C=C(C)C12CC(C)C34OC(C=CC=CCCCCCCCCC)(OC1C3C=C(COC(=O)CCCCCCCCCCCCCCCCC)CC1(O)C(=O)C(C)=CC14)O2. The van der Waals surface area contributed by atoms with Crippen molar-refractivity contribution in [3.05, 3.63) is 59.8 Å². The molecule has 7 heteroatoms. The Kier molecular flexibility index (Phi) is 18.3. The first-order valence-electron chi connectivity index (χ1n) is 24.4. The van der Waals surface area contributed by atoms with E-state index in [0.717, 1.165) is 37.7 Å². The zero-order valence-electron chi connectivity index (χ0n) is 38.0. The molecule has 3 aliphatic carbocycles. The number of hydrogen-bond acceptors (Lipinski definition) is 7. The molecule has 0 spiro atoms. The van der Waals surface area contributed by atoms with E-state index in [1.807, 2.05) is 31.2 Å². The molecule has 1 saturated carbocycles.